The number of benzene rings is 1. The van der Waals surface area contributed by atoms with Gasteiger partial charge in [0, 0.05) is 49.9 Å². The van der Waals surface area contributed by atoms with Crippen LogP contribution in [0.4, 0.5) is 4.79 Å². The number of hydrogen-bond donors (Lipinski definition) is 1. The van der Waals surface area contributed by atoms with E-state index in [-0.39, 0.29) is 29.4 Å². The van der Waals surface area contributed by atoms with Gasteiger partial charge in [0.2, 0.25) is 0 Å². The number of carbonyl (C=O) groups excluding carboxylic acids is 2. The normalized spacial score (nSPS) is 22.4. The van der Waals surface area contributed by atoms with E-state index >= 15 is 0 Å². The number of piperidine rings is 1. The molecule has 39 heavy (non-hydrogen) atoms. The standard InChI is InChI=1S/C31H42N4O4/c1-30(2,3)39-29(37)35-17-11-22(12-18-35)26-10-15-32-20-31(13-14-31)21-38-27-8-6-5-7-24(27)23-9-16-33-25(19-23)28(36)34(26)4/h5-9,16,19,22,26,32H,10-15,17-18,20-21H2,1-4H3. The minimum Gasteiger partial charge on any atom is -0.492 e. The molecule has 2 bridgehead atoms. The third-order valence-corrected chi connectivity index (χ3v) is 8.34. The van der Waals surface area contributed by atoms with Crippen molar-refractivity contribution in [2.75, 3.05) is 39.8 Å². The van der Waals surface area contributed by atoms with E-state index in [1.54, 1.807) is 11.1 Å². The highest BCUT2D eigenvalue weighted by atomic mass is 16.6. The lowest BCUT2D eigenvalue weighted by Gasteiger charge is -2.40. The number of amides is 2. The van der Waals surface area contributed by atoms with Crippen LogP contribution in [0.15, 0.2) is 42.6 Å². The molecule has 1 atom stereocenters. The van der Waals surface area contributed by atoms with Gasteiger partial charge in [-0.25, -0.2) is 4.79 Å². The lowest BCUT2D eigenvalue weighted by atomic mass is 9.86. The molecule has 3 aliphatic rings. The molecule has 2 aliphatic heterocycles. The van der Waals surface area contributed by atoms with Crippen molar-refractivity contribution < 1.29 is 19.1 Å². The summed E-state index contributed by atoms with van der Waals surface area (Å²) in [5.41, 5.74) is 2.00. The summed E-state index contributed by atoms with van der Waals surface area (Å²) >= 11 is 0. The first-order valence-corrected chi connectivity index (χ1v) is 14.3. The average Bonchev–Trinajstić information content (AvgIpc) is 3.70. The smallest absolute Gasteiger partial charge is 0.410 e. The zero-order chi connectivity index (χ0) is 27.6. The van der Waals surface area contributed by atoms with Gasteiger partial charge in [0.05, 0.1) is 6.61 Å². The summed E-state index contributed by atoms with van der Waals surface area (Å²) in [6.07, 6.45) is 6.28. The molecule has 1 unspecified atom stereocenters. The van der Waals surface area contributed by atoms with E-state index in [9.17, 15) is 9.59 Å². The second kappa shape index (κ2) is 11.2. The van der Waals surface area contributed by atoms with Crippen molar-refractivity contribution in [1.82, 2.24) is 20.1 Å². The van der Waals surface area contributed by atoms with E-state index in [1.807, 2.05) is 69.1 Å². The predicted octanol–water partition coefficient (Wildman–Crippen LogP) is 4.99. The second-order valence-electron chi connectivity index (χ2n) is 12.5. The van der Waals surface area contributed by atoms with Crippen LogP contribution in [0, 0.1) is 11.3 Å². The number of carbonyl (C=O) groups is 2. The lowest BCUT2D eigenvalue weighted by Crippen LogP contribution is -2.49. The van der Waals surface area contributed by atoms with Gasteiger partial charge < -0.3 is 24.6 Å². The minimum atomic E-state index is -0.512. The van der Waals surface area contributed by atoms with Gasteiger partial charge in [-0.05, 0) is 89.1 Å². The van der Waals surface area contributed by atoms with Crippen LogP contribution in [0.1, 0.15) is 63.4 Å². The van der Waals surface area contributed by atoms with Crippen molar-refractivity contribution in [2.45, 2.75) is 64.5 Å². The Morgan fingerprint density at radius 1 is 1.13 bits per heavy atom. The Hall–Kier alpha value is -3.13. The van der Waals surface area contributed by atoms with E-state index in [0.29, 0.717) is 25.4 Å². The molecule has 8 heteroatoms. The van der Waals surface area contributed by atoms with Crippen LogP contribution in [-0.4, -0.2) is 78.3 Å². The number of rotatable bonds is 1. The van der Waals surface area contributed by atoms with Gasteiger partial charge in [-0.15, -0.1) is 0 Å². The summed E-state index contributed by atoms with van der Waals surface area (Å²) < 4.78 is 12.0. The summed E-state index contributed by atoms with van der Waals surface area (Å²) in [6, 6.07) is 11.9. The maximum atomic E-state index is 13.8. The SMILES string of the molecule is CN1C(=O)c2cc(ccn2)-c2ccccc2OCC2(CC2)CNCCC1C1CCN(C(=O)OC(C)(C)C)CC1. The van der Waals surface area contributed by atoms with Gasteiger partial charge in [-0.1, -0.05) is 18.2 Å². The highest BCUT2D eigenvalue weighted by molar-refractivity contribution is 5.93. The molecule has 2 amide bonds. The van der Waals surface area contributed by atoms with Crippen LogP contribution in [-0.2, 0) is 4.74 Å². The second-order valence-corrected chi connectivity index (χ2v) is 12.5. The monoisotopic (exact) mass is 534 g/mol. The van der Waals surface area contributed by atoms with Crippen molar-refractivity contribution in [3.8, 4) is 16.9 Å². The molecule has 210 valence electrons. The van der Waals surface area contributed by atoms with Gasteiger partial charge in [0.1, 0.15) is 17.0 Å². The Bertz CT molecular complexity index is 1180. The molecule has 1 saturated carbocycles. The first-order chi connectivity index (χ1) is 18.6. The van der Waals surface area contributed by atoms with E-state index < -0.39 is 5.60 Å². The third-order valence-electron chi connectivity index (χ3n) is 8.34. The molecule has 3 heterocycles. The maximum Gasteiger partial charge on any atom is 0.410 e. The summed E-state index contributed by atoms with van der Waals surface area (Å²) in [5.74, 6) is 1.05. The topological polar surface area (TPSA) is 84.0 Å². The fraction of sp³-hybridized carbons (Fsp3) is 0.581. The Labute approximate surface area is 232 Å². The zero-order valence-electron chi connectivity index (χ0n) is 23.7. The molecule has 1 spiro atoms. The van der Waals surface area contributed by atoms with E-state index in [2.05, 4.69) is 10.3 Å². The molecule has 1 N–H and O–H groups in total. The molecule has 1 saturated heterocycles. The van der Waals surface area contributed by atoms with Gasteiger partial charge in [0.15, 0.2) is 0 Å². The van der Waals surface area contributed by atoms with Crippen molar-refractivity contribution in [3.63, 3.8) is 0 Å². The molecular formula is C31H42N4O4. The fourth-order valence-electron chi connectivity index (χ4n) is 5.80. The van der Waals surface area contributed by atoms with E-state index in [0.717, 1.165) is 62.1 Å². The summed E-state index contributed by atoms with van der Waals surface area (Å²) in [4.78, 5) is 34.6. The van der Waals surface area contributed by atoms with Crippen LogP contribution in [0.5, 0.6) is 5.75 Å². The minimum absolute atomic E-state index is 0.0417. The average molecular weight is 535 g/mol. The first kappa shape index (κ1) is 27.4. The molecule has 8 nitrogen and oxygen atoms in total. The predicted molar refractivity (Wildman–Crippen MR) is 151 cm³/mol. The lowest BCUT2D eigenvalue weighted by molar-refractivity contribution is 0.0130. The van der Waals surface area contributed by atoms with Crippen molar-refractivity contribution in [2.24, 2.45) is 11.3 Å². The summed E-state index contributed by atoms with van der Waals surface area (Å²) in [7, 11) is 1.90. The Morgan fingerprint density at radius 2 is 1.87 bits per heavy atom. The maximum absolute atomic E-state index is 13.8. The number of hydrogen-bond acceptors (Lipinski definition) is 6. The van der Waals surface area contributed by atoms with E-state index in [1.165, 1.54) is 0 Å². The summed E-state index contributed by atoms with van der Waals surface area (Å²) in [5, 5.41) is 3.68. The molecule has 2 fully saturated rings. The van der Waals surface area contributed by atoms with Crippen molar-refractivity contribution in [1.29, 1.82) is 0 Å². The number of para-hydroxylation sites is 1. The third kappa shape index (κ3) is 6.55. The van der Waals surface area contributed by atoms with Gasteiger partial charge in [-0.3, -0.25) is 9.78 Å². The molecule has 2 aromatic rings. The van der Waals surface area contributed by atoms with Crippen LogP contribution in [0.3, 0.4) is 0 Å². The fourth-order valence-corrected chi connectivity index (χ4v) is 5.80. The van der Waals surface area contributed by atoms with E-state index in [4.69, 9.17) is 9.47 Å². The number of likely N-dealkylation sites (tertiary alicyclic amines) is 1. The number of nitrogens with one attached hydrogen (secondary N) is 1. The molecular weight excluding hydrogens is 492 g/mol. The van der Waals surface area contributed by atoms with Crippen LogP contribution >= 0.6 is 0 Å². The number of fused-ring (bicyclic) bond motifs is 4. The van der Waals surface area contributed by atoms with Gasteiger partial charge in [-0.2, -0.15) is 0 Å². The van der Waals surface area contributed by atoms with Crippen LogP contribution in [0.2, 0.25) is 0 Å². The molecule has 1 aromatic heterocycles. The number of ether oxygens (including phenoxy) is 2. The number of pyridine rings is 1. The molecule has 1 aliphatic carbocycles. The van der Waals surface area contributed by atoms with Crippen molar-refractivity contribution in [3.05, 3.63) is 48.3 Å². The van der Waals surface area contributed by atoms with Crippen molar-refractivity contribution >= 4 is 12.0 Å². The van der Waals surface area contributed by atoms with Gasteiger partial charge in [0.25, 0.3) is 5.91 Å². The Balaban J connectivity index is 1.37. The Morgan fingerprint density at radius 3 is 2.59 bits per heavy atom. The highest BCUT2D eigenvalue weighted by Crippen LogP contribution is 2.46. The summed E-state index contributed by atoms with van der Waals surface area (Å²) in [6.45, 7) is 9.35. The quantitative estimate of drug-likeness (QED) is 0.555. The van der Waals surface area contributed by atoms with Gasteiger partial charge >= 0.3 is 6.09 Å². The number of nitrogens with zero attached hydrogens (tertiary/aromatic N) is 3. The first-order valence-electron chi connectivity index (χ1n) is 14.3. The largest absolute Gasteiger partial charge is 0.492 e. The molecule has 1 aromatic carbocycles. The highest BCUT2D eigenvalue weighted by Gasteiger charge is 2.43. The van der Waals surface area contributed by atoms with Crippen LogP contribution < -0.4 is 10.1 Å². The molecule has 5 rings (SSSR count). The number of aromatic nitrogens is 1. The zero-order valence-corrected chi connectivity index (χ0v) is 23.7. The molecule has 0 radical (unpaired) electrons. The van der Waals surface area contributed by atoms with Crippen LogP contribution in [0.25, 0.3) is 11.1 Å². The Kier molecular flexibility index (Phi) is 7.85.